The van der Waals surface area contributed by atoms with Gasteiger partial charge in [-0.3, -0.25) is 14.5 Å². The fraction of sp³-hybridized carbons (Fsp3) is 0.548. The fourth-order valence-electron chi connectivity index (χ4n) is 8.40. The summed E-state index contributed by atoms with van der Waals surface area (Å²) in [6.07, 6.45) is 8.60. The predicted octanol–water partition coefficient (Wildman–Crippen LogP) is 4.42. The lowest BCUT2D eigenvalue weighted by atomic mass is 9.63. The summed E-state index contributed by atoms with van der Waals surface area (Å²) in [7, 11) is 0. The molecule has 5 fully saturated rings. The molecule has 4 atom stereocenters. The van der Waals surface area contributed by atoms with E-state index in [1.54, 1.807) is 0 Å². The lowest BCUT2D eigenvalue weighted by molar-refractivity contribution is -0.128. The Morgan fingerprint density at radius 2 is 1.61 bits per heavy atom. The number of nitrogens with zero attached hydrogens (tertiary/aromatic N) is 1. The zero-order chi connectivity index (χ0) is 24.6. The number of carbonyl (C=O) groups excluding carboxylic acids is 2. The van der Waals surface area contributed by atoms with Crippen molar-refractivity contribution in [1.82, 2.24) is 15.5 Å². The summed E-state index contributed by atoms with van der Waals surface area (Å²) < 4.78 is 0. The van der Waals surface area contributed by atoms with E-state index in [1.807, 2.05) is 6.07 Å². The average molecular weight is 486 g/mol. The normalized spacial score (nSPS) is 31.4. The van der Waals surface area contributed by atoms with E-state index in [0.717, 1.165) is 44.8 Å². The van der Waals surface area contributed by atoms with E-state index in [0.29, 0.717) is 12.3 Å². The van der Waals surface area contributed by atoms with Crippen LogP contribution in [0.5, 0.6) is 0 Å². The van der Waals surface area contributed by atoms with Crippen molar-refractivity contribution in [3.05, 3.63) is 71.8 Å². The first-order valence-electron chi connectivity index (χ1n) is 13.9. The van der Waals surface area contributed by atoms with Crippen LogP contribution < -0.4 is 10.6 Å². The first-order chi connectivity index (χ1) is 17.5. The molecule has 4 aliphatic carbocycles. The monoisotopic (exact) mass is 485 g/mol. The van der Waals surface area contributed by atoms with Crippen LogP contribution in [0.15, 0.2) is 60.7 Å². The van der Waals surface area contributed by atoms with E-state index in [-0.39, 0.29) is 35.2 Å². The predicted molar refractivity (Wildman–Crippen MR) is 141 cm³/mol. The van der Waals surface area contributed by atoms with E-state index in [9.17, 15) is 9.59 Å². The summed E-state index contributed by atoms with van der Waals surface area (Å²) >= 11 is 0. The Morgan fingerprint density at radius 1 is 0.889 bits per heavy atom. The number of hydrogen-bond donors (Lipinski definition) is 2. The lowest BCUT2D eigenvalue weighted by Gasteiger charge is -2.41. The molecule has 1 saturated heterocycles. The summed E-state index contributed by atoms with van der Waals surface area (Å²) in [5.74, 6) is 1.40. The molecule has 4 saturated carbocycles. The van der Waals surface area contributed by atoms with Crippen LogP contribution in [0, 0.1) is 17.3 Å². The molecule has 5 heteroatoms. The van der Waals surface area contributed by atoms with E-state index in [2.05, 4.69) is 70.1 Å². The minimum atomic E-state index is -0.0552. The number of carbonyl (C=O) groups is 2. The second-order valence-electron chi connectivity index (χ2n) is 12.2. The molecule has 0 spiro atoms. The standard InChI is InChI=1S/C31H39N3O2/c35-28(19-31-17-24-15-26(31)18-30(16-24,22-31)25-9-5-2-6-10-25)32-20-29(36)33-27-11-13-34(14-12-27)21-23-7-3-1-4-8-23/h1-10,24,26-27H,11-22H2,(H,32,35)(H,33,36). The Bertz CT molecular complexity index is 1080. The van der Waals surface area contributed by atoms with Crippen LogP contribution in [0.4, 0.5) is 0 Å². The molecule has 5 aliphatic rings. The lowest BCUT2D eigenvalue weighted by Crippen LogP contribution is -2.47. The van der Waals surface area contributed by atoms with Gasteiger partial charge in [0, 0.05) is 32.1 Å². The van der Waals surface area contributed by atoms with Crippen LogP contribution >= 0.6 is 0 Å². The number of amides is 2. The molecule has 7 rings (SSSR count). The molecule has 5 nitrogen and oxygen atoms in total. The van der Waals surface area contributed by atoms with Crippen molar-refractivity contribution in [2.75, 3.05) is 19.6 Å². The van der Waals surface area contributed by atoms with Crippen LogP contribution in [0.3, 0.4) is 0 Å². The SMILES string of the molecule is O=C(CC12CC3CC1CC(c1ccccc1)(C3)C2)NCC(=O)NC1CCN(Cc2ccccc2)CC1. The van der Waals surface area contributed by atoms with Gasteiger partial charge in [0.1, 0.15) is 0 Å². The highest BCUT2D eigenvalue weighted by Gasteiger charge is 2.64. The number of nitrogens with one attached hydrogen (secondary N) is 2. The number of likely N-dealkylation sites (tertiary alicyclic amines) is 1. The molecule has 0 aromatic heterocycles. The third-order valence-electron chi connectivity index (χ3n) is 9.73. The third kappa shape index (κ3) is 4.70. The second kappa shape index (κ2) is 9.66. The van der Waals surface area contributed by atoms with Gasteiger partial charge in [0.2, 0.25) is 11.8 Å². The van der Waals surface area contributed by atoms with Crippen molar-refractivity contribution in [1.29, 1.82) is 0 Å². The van der Waals surface area contributed by atoms with Crippen molar-refractivity contribution in [3.63, 3.8) is 0 Å². The topological polar surface area (TPSA) is 61.4 Å². The van der Waals surface area contributed by atoms with Gasteiger partial charge in [0.05, 0.1) is 6.54 Å². The van der Waals surface area contributed by atoms with Crippen LogP contribution in [-0.2, 0) is 21.5 Å². The van der Waals surface area contributed by atoms with Crippen LogP contribution in [0.1, 0.15) is 62.5 Å². The molecule has 0 radical (unpaired) electrons. The van der Waals surface area contributed by atoms with Crippen LogP contribution in [0.2, 0.25) is 0 Å². The number of rotatable bonds is 8. The molecule has 4 unspecified atom stereocenters. The first kappa shape index (κ1) is 23.7. The van der Waals surface area contributed by atoms with Gasteiger partial charge in [-0.2, -0.15) is 0 Å². The molecule has 1 aliphatic heterocycles. The van der Waals surface area contributed by atoms with Gasteiger partial charge < -0.3 is 10.6 Å². The third-order valence-corrected chi connectivity index (χ3v) is 9.73. The first-order valence-corrected chi connectivity index (χ1v) is 13.9. The molecule has 2 aromatic carbocycles. The van der Waals surface area contributed by atoms with Crippen molar-refractivity contribution in [2.45, 2.75) is 69.4 Å². The Hall–Kier alpha value is -2.66. The van der Waals surface area contributed by atoms with Gasteiger partial charge in [0.25, 0.3) is 0 Å². The number of benzene rings is 2. The smallest absolute Gasteiger partial charge is 0.239 e. The summed E-state index contributed by atoms with van der Waals surface area (Å²) in [4.78, 5) is 28.1. The highest BCUT2D eigenvalue weighted by Crippen LogP contribution is 2.71. The molecule has 36 heavy (non-hydrogen) atoms. The maximum absolute atomic E-state index is 13.0. The Labute approximate surface area is 215 Å². The maximum atomic E-state index is 13.0. The minimum absolute atomic E-state index is 0.0549. The summed E-state index contributed by atoms with van der Waals surface area (Å²) in [5, 5.41) is 6.13. The summed E-state index contributed by atoms with van der Waals surface area (Å²) in [6, 6.07) is 21.7. The zero-order valence-corrected chi connectivity index (χ0v) is 21.3. The molecular formula is C31H39N3O2. The quantitative estimate of drug-likeness (QED) is 0.582. The molecule has 2 amide bonds. The van der Waals surface area contributed by atoms with Gasteiger partial charge in [-0.1, -0.05) is 60.7 Å². The molecule has 4 bridgehead atoms. The molecular weight excluding hydrogens is 446 g/mol. The molecule has 2 aromatic rings. The Morgan fingerprint density at radius 3 is 2.36 bits per heavy atom. The molecule has 190 valence electrons. The minimum Gasteiger partial charge on any atom is -0.352 e. The van der Waals surface area contributed by atoms with Crippen molar-refractivity contribution >= 4 is 11.8 Å². The van der Waals surface area contributed by atoms with Gasteiger partial charge in [-0.15, -0.1) is 0 Å². The van der Waals surface area contributed by atoms with E-state index < -0.39 is 0 Å². The second-order valence-corrected chi connectivity index (χ2v) is 12.2. The van der Waals surface area contributed by atoms with Crippen LogP contribution in [-0.4, -0.2) is 42.4 Å². The Kier molecular flexibility index (Phi) is 6.37. The van der Waals surface area contributed by atoms with Gasteiger partial charge in [-0.25, -0.2) is 0 Å². The van der Waals surface area contributed by atoms with Crippen molar-refractivity contribution < 1.29 is 9.59 Å². The molecule has 2 N–H and O–H groups in total. The van der Waals surface area contributed by atoms with Crippen molar-refractivity contribution in [2.24, 2.45) is 17.3 Å². The van der Waals surface area contributed by atoms with Gasteiger partial charge >= 0.3 is 0 Å². The maximum Gasteiger partial charge on any atom is 0.239 e. The number of piperidine rings is 1. The van der Waals surface area contributed by atoms with E-state index in [4.69, 9.17) is 0 Å². The Balaban J connectivity index is 0.961. The fourth-order valence-corrected chi connectivity index (χ4v) is 8.40. The van der Waals surface area contributed by atoms with E-state index >= 15 is 0 Å². The number of hydrogen-bond acceptors (Lipinski definition) is 3. The van der Waals surface area contributed by atoms with E-state index in [1.165, 1.54) is 36.8 Å². The summed E-state index contributed by atoms with van der Waals surface area (Å²) in [6.45, 7) is 3.03. The van der Waals surface area contributed by atoms with Crippen LogP contribution in [0.25, 0.3) is 0 Å². The average Bonchev–Trinajstić information content (AvgIpc) is 3.26. The largest absolute Gasteiger partial charge is 0.352 e. The summed E-state index contributed by atoms with van der Waals surface area (Å²) in [5.41, 5.74) is 3.20. The van der Waals surface area contributed by atoms with Gasteiger partial charge in [-0.05, 0) is 78.7 Å². The highest BCUT2D eigenvalue weighted by atomic mass is 16.2. The van der Waals surface area contributed by atoms with Crippen molar-refractivity contribution in [3.8, 4) is 0 Å². The molecule has 1 heterocycles. The van der Waals surface area contributed by atoms with Gasteiger partial charge in [0.15, 0.2) is 0 Å². The highest BCUT2D eigenvalue weighted by molar-refractivity contribution is 5.85. The zero-order valence-electron chi connectivity index (χ0n) is 21.3.